The van der Waals surface area contributed by atoms with Crippen molar-refractivity contribution in [2.75, 3.05) is 72.5 Å². The van der Waals surface area contributed by atoms with Gasteiger partial charge < -0.3 is 44.0 Å². The first-order chi connectivity index (χ1) is 37.2. The number of aliphatic hydroxyl groups excluding tert-OH is 1. The van der Waals surface area contributed by atoms with Crippen molar-refractivity contribution in [3.05, 3.63) is 36.5 Å². The van der Waals surface area contributed by atoms with Gasteiger partial charge in [0.05, 0.1) is 88.2 Å². The third-order valence-electron chi connectivity index (χ3n) is 9.60. The molecule has 4 amide bonds. The predicted octanol–water partition coefficient (Wildman–Crippen LogP) is 4.62. The van der Waals surface area contributed by atoms with Gasteiger partial charge in [-0.1, -0.05) is 40.5 Å². The number of cyclic esters (lactones) is 4. The highest BCUT2D eigenvalue weighted by Gasteiger charge is 2.39. The molecule has 4 fully saturated rings. The lowest BCUT2D eigenvalue weighted by Gasteiger charge is -2.17. The summed E-state index contributed by atoms with van der Waals surface area (Å²) < 4.78 is 33.4. The molecule has 0 spiro atoms. The molecule has 79 heavy (non-hydrogen) atoms. The monoisotopic (exact) mass is 1630 g/mol. The number of imide groups is 2. The molecule has 22 nitrogen and oxygen atoms in total. The summed E-state index contributed by atoms with van der Waals surface area (Å²) in [5, 5.41) is 8.13. The van der Waals surface area contributed by atoms with E-state index in [0.29, 0.717) is 82.3 Å². The summed E-state index contributed by atoms with van der Waals surface area (Å²) in [7, 11) is 1.51. The van der Waals surface area contributed by atoms with Crippen molar-refractivity contribution in [1.29, 1.82) is 0 Å². The van der Waals surface area contributed by atoms with Crippen molar-refractivity contribution in [3.63, 3.8) is 0 Å². The van der Waals surface area contributed by atoms with Gasteiger partial charge in [0.25, 0.3) is 0 Å². The topological polar surface area (TPSA) is 305 Å². The average molecular weight is 1630 g/mol. The Bertz CT molecular complexity index is 2030. The molecule has 4 aliphatic rings. The fourth-order valence-electron chi connectivity index (χ4n) is 5.67. The van der Waals surface area contributed by atoms with Crippen molar-refractivity contribution in [3.8, 4) is 0 Å². The van der Waals surface area contributed by atoms with Crippen LogP contribution < -0.4 is 5.73 Å². The third-order valence-corrected chi connectivity index (χ3v) is 17.8. The van der Waals surface area contributed by atoms with E-state index in [-0.39, 0.29) is 148 Å². The Morgan fingerprint density at radius 3 is 1.29 bits per heavy atom. The minimum atomic E-state index is -0.506. The van der Waals surface area contributed by atoms with Crippen molar-refractivity contribution in [2.45, 2.75) is 103 Å². The maximum Gasteiger partial charge on any atom is 0.333 e. The zero-order chi connectivity index (χ0) is 60.7. The summed E-state index contributed by atoms with van der Waals surface area (Å²) in [6, 6.07) is 0. The minimum Gasteiger partial charge on any atom is -0.462 e. The van der Waals surface area contributed by atoms with Crippen LogP contribution >= 0.6 is 123 Å². The van der Waals surface area contributed by atoms with E-state index in [2.05, 4.69) is 139 Å². The third kappa shape index (κ3) is 38.5. The number of esters is 7. The Morgan fingerprint density at radius 2 is 0.949 bits per heavy atom. The highest BCUT2D eigenvalue weighted by Crippen LogP contribution is 2.32. The van der Waals surface area contributed by atoms with E-state index in [1.807, 2.05) is 19.4 Å². The number of hydrogen-bond acceptors (Lipinski definition) is 20. The second kappa shape index (κ2) is 47.2. The molecule has 3 N–H and O–H groups in total. The van der Waals surface area contributed by atoms with Gasteiger partial charge in [-0.2, -0.15) is 89.5 Å². The summed E-state index contributed by atoms with van der Waals surface area (Å²) in [6.45, 7) is 24.7. The SMILES string of the molecule is C=C(C)C(=O)OCCCC(C)(C)C.C=C(C)C(=O)OCCN1C(=O)CC(P[B]I)C1=O.C=C(C)C(=O)OCCOCCN1C(=O)CC(P[B]I)C1=O.NCCOCCO.O=C1CC(P[B]I)C(=O)O1.O=C1CC(P[B]I)C(=O)O1. The molecule has 0 aliphatic carbocycles. The van der Waals surface area contributed by atoms with Gasteiger partial charge in [-0.25, -0.2) is 14.4 Å². The summed E-state index contributed by atoms with van der Waals surface area (Å²) >= 11 is 8.28. The lowest BCUT2D eigenvalue weighted by atomic mass is 9.91. The normalized spacial score (nSPS) is 18.6. The first-order valence-electron chi connectivity index (χ1n) is 24.0. The first kappa shape index (κ1) is 80.0. The van der Waals surface area contributed by atoms with Crippen LogP contribution in [0, 0.1) is 5.41 Å². The van der Waals surface area contributed by atoms with Gasteiger partial charge in [-0.3, -0.25) is 48.2 Å². The van der Waals surface area contributed by atoms with E-state index < -0.39 is 11.9 Å². The van der Waals surface area contributed by atoms with Crippen molar-refractivity contribution in [2.24, 2.45) is 11.1 Å². The van der Waals surface area contributed by atoms with Crippen LogP contribution in [0.25, 0.3) is 0 Å². The number of likely N-dealkylation sites (tertiary alicyclic amines) is 2. The number of nitrogens with zero attached hydrogens (tertiary/aromatic N) is 2. The molecular formula is C45H69B4I4N3O19P4. The van der Waals surface area contributed by atoms with E-state index in [4.69, 9.17) is 34.5 Å². The van der Waals surface area contributed by atoms with Crippen LogP contribution in [0.5, 0.6) is 0 Å². The Hall–Kier alpha value is -1.07. The molecule has 4 saturated heterocycles. The molecule has 0 bridgehead atoms. The van der Waals surface area contributed by atoms with Crippen LogP contribution in [-0.4, -0.2) is 195 Å². The number of rotatable bonds is 27. The highest BCUT2D eigenvalue weighted by atomic mass is 127. The Morgan fingerprint density at radius 1 is 0.582 bits per heavy atom. The predicted molar refractivity (Wildman–Crippen MR) is 345 cm³/mol. The van der Waals surface area contributed by atoms with Crippen molar-refractivity contribution < 1.29 is 91.0 Å². The van der Waals surface area contributed by atoms with Crippen LogP contribution in [0.15, 0.2) is 36.5 Å². The molecule has 0 aromatic carbocycles. The lowest BCUT2D eigenvalue weighted by Crippen LogP contribution is -2.34. The largest absolute Gasteiger partial charge is 0.462 e. The number of hydrogen-bond donors (Lipinski definition) is 2. The molecule has 0 aromatic rings. The molecule has 4 heterocycles. The van der Waals surface area contributed by atoms with Gasteiger partial charge in [0.2, 0.25) is 43.1 Å². The number of aliphatic hydroxyl groups is 1. The second-order valence-electron chi connectivity index (χ2n) is 17.6. The van der Waals surface area contributed by atoms with Crippen LogP contribution in [0.4, 0.5) is 0 Å². The summed E-state index contributed by atoms with van der Waals surface area (Å²) in [5.41, 5.74) is 5.67. The molecule has 0 saturated carbocycles. The van der Waals surface area contributed by atoms with Gasteiger partial charge in [0.1, 0.15) is 13.2 Å². The van der Waals surface area contributed by atoms with E-state index in [1.54, 1.807) is 20.8 Å². The Kier molecular flexibility index (Phi) is 47.8. The van der Waals surface area contributed by atoms with E-state index in [1.165, 1.54) is 9.80 Å². The Balaban J connectivity index is 0. The highest BCUT2D eigenvalue weighted by molar-refractivity contribution is 14.1. The first-order valence-corrected chi connectivity index (χ1v) is 33.6. The summed E-state index contributed by atoms with van der Waals surface area (Å²) in [4.78, 5) is 133. The number of ether oxygens (including phenoxy) is 7. The maximum absolute atomic E-state index is 11.9. The average Bonchev–Trinajstić information content (AvgIpc) is 4.05. The minimum absolute atomic E-state index is 0.0208. The number of amides is 4. The summed E-state index contributed by atoms with van der Waals surface area (Å²) in [5.74, 6) is -3.38. The van der Waals surface area contributed by atoms with Crippen LogP contribution in [-0.2, 0) is 85.9 Å². The van der Waals surface area contributed by atoms with E-state index in [0.717, 1.165) is 12.8 Å². The van der Waals surface area contributed by atoms with Crippen molar-refractivity contribution in [1.82, 2.24) is 9.80 Å². The van der Waals surface area contributed by atoms with Crippen molar-refractivity contribution >= 4 is 208 Å². The molecule has 34 heteroatoms. The standard InChI is InChI=1S/C12H17BINO5P.C11H20O2.C10H13BINO4P.2C4H4BIO3P.C4H11NO2/c1-8(2)12(18)20-6-5-19-4-3-15-10(16)7-9(11(15)17)21-13-14;1-9(2)10(12)13-8-6-7-11(3,4)5;1-6(2)10(16)17-4-3-13-8(14)5-7(9(13)15)18-11-12;2*6-5-10-2-1-3(7)9-4(2)8;5-1-3-7-4-2-6/h9,21H,1,3-7H2,2H3;1,6-8H2,2-5H3;7,18H,1,3-5H2,2H3;2*2,10H,1H2;6H,1-5H2. The molecule has 438 valence electrons. The number of nitrogens with two attached hydrogens (primary N) is 1. The fourth-order valence-corrected chi connectivity index (χ4v) is 13.6. The zero-order valence-electron chi connectivity index (χ0n) is 45.0. The molecule has 4 radical (unpaired) electrons. The quantitative estimate of drug-likeness (QED) is 0.0130. The van der Waals surface area contributed by atoms with Gasteiger partial charge in [-0.05, 0) is 39.0 Å². The molecular weight excluding hydrogens is 1560 g/mol. The smallest absolute Gasteiger partial charge is 0.333 e. The number of halogens is 4. The molecule has 8 unspecified atom stereocenters. The van der Waals surface area contributed by atoms with E-state index in [9.17, 15) is 52.7 Å². The zero-order valence-corrected chi connectivity index (χ0v) is 57.7. The number of carbonyl (C=O) groups excluding carboxylic acids is 11. The molecule has 0 aromatic heterocycles. The van der Waals surface area contributed by atoms with Crippen LogP contribution in [0.3, 0.4) is 0 Å². The molecule has 8 atom stereocenters. The number of carbonyl (C=O) groups is 11. The molecule has 4 rings (SSSR count). The van der Waals surface area contributed by atoms with Gasteiger partial charge in [-0.15, -0.1) is 33.8 Å². The van der Waals surface area contributed by atoms with Crippen LogP contribution in [0.2, 0.25) is 0 Å². The molecule has 4 aliphatic heterocycles. The van der Waals surface area contributed by atoms with E-state index >= 15 is 0 Å². The van der Waals surface area contributed by atoms with Gasteiger partial charge in [0, 0.05) is 36.1 Å². The second-order valence-corrected chi connectivity index (χ2v) is 30.1. The van der Waals surface area contributed by atoms with Crippen LogP contribution in [0.1, 0.15) is 80.1 Å². The maximum atomic E-state index is 11.9. The lowest BCUT2D eigenvalue weighted by molar-refractivity contribution is -0.153. The summed E-state index contributed by atoms with van der Waals surface area (Å²) in [6.07, 6.45) is 3.05. The fraction of sp³-hybridized carbons (Fsp3) is 0.622. The Labute approximate surface area is 526 Å². The van der Waals surface area contributed by atoms with Gasteiger partial charge >= 0.3 is 41.8 Å². The van der Waals surface area contributed by atoms with Gasteiger partial charge in [0.15, 0.2) is 0 Å².